The molecule has 1 rings (SSSR count). The van der Waals surface area contributed by atoms with E-state index >= 15 is 0 Å². The van der Waals surface area contributed by atoms with Crippen molar-refractivity contribution < 1.29 is 13.3 Å². The van der Waals surface area contributed by atoms with Gasteiger partial charge in [0.25, 0.3) is 5.69 Å². The zero-order chi connectivity index (χ0) is 13.1. The minimum atomic E-state index is -3.81. The molecule has 0 spiro atoms. The average Bonchev–Trinajstić information content (AvgIpc) is 2.28. The molecule has 7 heteroatoms. The van der Waals surface area contributed by atoms with E-state index < -0.39 is 32.1 Å². The van der Waals surface area contributed by atoms with Gasteiger partial charge in [0.15, 0.2) is 9.84 Å². The van der Waals surface area contributed by atoms with Crippen LogP contribution in [0.15, 0.2) is 29.2 Å². The standard InChI is InChI=1S/C10H10N2O4S/c1-8(6-11)7-17(15,16)10-5-3-2-4-9(10)12(13)14/h2-5,8H,7H2,1H3. The van der Waals surface area contributed by atoms with Crippen molar-refractivity contribution in [2.75, 3.05) is 5.75 Å². The Kier molecular flexibility index (Phi) is 3.81. The topological polar surface area (TPSA) is 101 Å². The van der Waals surface area contributed by atoms with Gasteiger partial charge < -0.3 is 0 Å². The third-order valence-corrected chi connectivity index (χ3v) is 4.04. The summed E-state index contributed by atoms with van der Waals surface area (Å²) in [5.74, 6) is -1.13. The van der Waals surface area contributed by atoms with Gasteiger partial charge in [-0.25, -0.2) is 8.42 Å². The lowest BCUT2D eigenvalue weighted by atomic mass is 10.3. The van der Waals surface area contributed by atoms with Crippen molar-refractivity contribution in [2.24, 2.45) is 5.92 Å². The second-order valence-electron chi connectivity index (χ2n) is 3.54. The molecule has 0 fully saturated rings. The van der Waals surface area contributed by atoms with Gasteiger partial charge >= 0.3 is 0 Å². The normalized spacial score (nSPS) is 12.7. The molecular weight excluding hydrogens is 244 g/mol. The number of nitro benzene ring substituents is 1. The first-order valence-electron chi connectivity index (χ1n) is 4.74. The number of hydrogen-bond donors (Lipinski definition) is 0. The summed E-state index contributed by atoms with van der Waals surface area (Å²) in [5.41, 5.74) is -0.461. The van der Waals surface area contributed by atoms with E-state index in [-0.39, 0.29) is 4.90 Å². The van der Waals surface area contributed by atoms with Crippen molar-refractivity contribution in [3.8, 4) is 6.07 Å². The summed E-state index contributed by atoms with van der Waals surface area (Å²) in [5, 5.41) is 19.3. The largest absolute Gasteiger partial charge is 0.287 e. The number of sulfone groups is 1. The van der Waals surface area contributed by atoms with Crippen LogP contribution in [-0.2, 0) is 9.84 Å². The van der Waals surface area contributed by atoms with E-state index in [1.165, 1.54) is 25.1 Å². The predicted molar refractivity (Wildman–Crippen MR) is 59.9 cm³/mol. The van der Waals surface area contributed by atoms with E-state index in [0.717, 1.165) is 6.07 Å². The number of benzene rings is 1. The van der Waals surface area contributed by atoms with E-state index in [0.29, 0.717) is 0 Å². The number of rotatable bonds is 4. The summed E-state index contributed by atoms with van der Waals surface area (Å²) in [7, 11) is -3.81. The summed E-state index contributed by atoms with van der Waals surface area (Å²) in [6.45, 7) is 1.45. The highest BCUT2D eigenvalue weighted by Gasteiger charge is 2.26. The fourth-order valence-corrected chi connectivity index (χ4v) is 2.99. The molecule has 0 aliphatic heterocycles. The quantitative estimate of drug-likeness (QED) is 0.599. The van der Waals surface area contributed by atoms with Gasteiger partial charge in [0.05, 0.1) is 22.7 Å². The van der Waals surface area contributed by atoms with Crippen LogP contribution in [0.25, 0.3) is 0 Å². The summed E-state index contributed by atoms with van der Waals surface area (Å²) in [6, 6.07) is 6.90. The molecule has 1 unspecified atom stereocenters. The molecule has 0 aliphatic rings. The minimum Gasteiger partial charge on any atom is -0.258 e. The Hall–Kier alpha value is -1.94. The molecule has 17 heavy (non-hydrogen) atoms. The maximum absolute atomic E-state index is 11.9. The van der Waals surface area contributed by atoms with E-state index in [4.69, 9.17) is 5.26 Å². The van der Waals surface area contributed by atoms with Crippen molar-refractivity contribution >= 4 is 15.5 Å². The van der Waals surface area contributed by atoms with Gasteiger partial charge in [0, 0.05) is 6.07 Å². The molecule has 0 heterocycles. The Morgan fingerprint density at radius 2 is 2.06 bits per heavy atom. The minimum absolute atomic E-state index is 0.341. The first-order chi connectivity index (χ1) is 7.88. The third kappa shape index (κ3) is 3.01. The molecule has 0 bridgehead atoms. The lowest BCUT2D eigenvalue weighted by Crippen LogP contribution is -2.14. The van der Waals surface area contributed by atoms with Gasteiger partial charge in [-0.15, -0.1) is 0 Å². The Balaban J connectivity index is 3.25. The average molecular weight is 254 g/mol. The zero-order valence-electron chi connectivity index (χ0n) is 9.03. The summed E-state index contributed by atoms with van der Waals surface area (Å²) >= 11 is 0. The van der Waals surface area contributed by atoms with Crippen LogP contribution in [0.5, 0.6) is 0 Å². The molecule has 0 radical (unpaired) electrons. The van der Waals surface area contributed by atoms with Crippen LogP contribution in [0.2, 0.25) is 0 Å². The second kappa shape index (κ2) is 4.93. The van der Waals surface area contributed by atoms with Crippen LogP contribution < -0.4 is 0 Å². The van der Waals surface area contributed by atoms with Crippen molar-refractivity contribution in [2.45, 2.75) is 11.8 Å². The molecule has 0 aromatic heterocycles. The third-order valence-electron chi connectivity index (χ3n) is 2.09. The van der Waals surface area contributed by atoms with E-state index in [1.54, 1.807) is 6.07 Å². The fourth-order valence-electron chi connectivity index (χ4n) is 1.33. The summed E-state index contributed by atoms with van der Waals surface area (Å²) < 4.78 is 23.7. The van der Waals surface area contributed by atoms with Crippen LogP contribution in [0, 0.1) is 27.4 Å². The number of nitrogens with zero attached hydrogens (tertiary/aromatic N) is 2. The highest BCUT2D eigenvalue weighted by atomic mass is 32.2. The molecule has 1 aromatic carbocycles. The highest BCUT2D eigenvalue weighted by Crippen LogP contribution is 2.25. The van der Waals surface area contributed by atoms with E-state index in [2.05, 4.69) is 0 Å². The van der Waals surface area contributed by atoms with Gasteiger partial charge in [0.2, 0.25) is 0 Å². The van der Waals surface area contributed by atoms with Crippen molar-refractivity contribution in [1.82, 2.24) is 0 Å². The Labute approximate surface area is 98.6 Å². The zero-order valence-corrected chi connectivity index (χ0v) is 9.85. The number of hydrogen-bond acceptors (Lipinski definition) is 5. The molecule has 0 N–H and O–H groups in total. The second-order valence-corrected chi connectivity index (χ2v) is 5.54. The van der Waals surface area contributed by atoms with Gasteiger partial charge in [-0.2, -0.15) is 5.26 Å². The monoisotopic (exact) mass is 254 g/mol. The molecule has 0 amide bonds. The maximum Gasteiger partial charge on any atom is 0.287 e. The summed E-state index contributed by atoms with van der Waals surface area (Å²) in [6.07, 6.45) is 0. The van der Waals surface area contributed by atoms with Gasteiger partial charge in [-0.1, -0.05) is 12.1 Å². The number of nitriles is 1. The van der Waals surface area contributed by atoms with Crippen LogP contribution in [0.1, 0.15) is 6.92 Å². The molecule has 90 valence electrons. The molecule has 6 nitrogen and oxygen atoms in total. The predicted octanol–water partition coefficient (Wildman–Crippen LogP) is 1.53. The van der Waals surface area contributed by atoms with Crippen LogP contribution in [0.4, 0.5) is 5.69 Å². The first kappa shape index (κ1) is 13.1. The van der Waals surface area contributed by atoms with Crippen LogP contribution in [-0.4, -0.2) is 19.1 Å². The Bertz CT molecular complexity index is 574. The van der Waals surface area contributed by atoms with E-state index in [9.17, 15) is 18.5 Å². The molecule has 0 saturated heterocycles. The fraction of sp³-hybridized carbons (Fsp3) is 0.300. The van der Waals surface area contributed by atoms with Gasteiger partial charge in [-0.3, -0.25) is 10.1 Å². The Morgan fingerprint density at radius 3 is 2.59 bits per heavy atom. The lowest BCUT2D eigenvalue weighted by Gasteiger charge is -2.05. The van der Waals surface area contributed by atoms with Gasteiger partial charge in [0.1, 0.15) is 4.90 Å². The van der Waals surface area contributed by atoms with Crippen LogP contribution >= 0.6 is 0 Å². The summed E-state index contributed by atoms with van der Waals surface area (Å²) in [4.78, 5) is 9.61. The SMILES string of the molecule is CC(C#N)CS(=O)(=O)c1ccccc1[N+](=O)[O-]. The number of nitro groups is 1. The molecular formula is C10H10N2O4S. The highest BCUT2D eigenvalue weighted by molar-refractivity contribution is 7.91. The number of para-hydroxylation sites is 1. The lowest BCUT2D eigenvalue weighted by molar-refractivity contribution is -0.387. The molecule has 1 atom stereocenters. The van der Waals surface area contributed by atoms with E-state index in [1.807, 2.05) is 0 Å². The Morgan fingerprint density at radius 1 is 1.47 bits per heavy atom. The molecule has 0 saturated carbocycles. The van der Waals surface area contributed by atoms with Crippen molar-refractivity contribution in [3.63, 3.8) is 0 Å². The van der Waals surface area contributed by atoms with Crippen LogP contribution in [0.3, 0.4) is 0 Å². The van der Waals surface area contributed by atoms with Crippen molar-refractivity contribution in [3.05, 3.63) is 34.4 Å². The first-order valence-corrected chi connectivity index (χ1v) is 6.39. The maximum atomic E-state index is 11.9. The van der Waals surface area contributed by atoms with Crippen molar-refractivity contribution in [1.29, 1.82) is 5.26 Å². The van der Waals surface area contributed by atoms with Gasteiger partial charge in [-0.05, 0) is 13.0 Å². The molecule has 0 aliphatic carbocycles. The molecule has 1 aromatic rings. The smallest absolute Gasteiger partial charge is 0.258 e.